The molecule has 4 atom stereocenters. The van der Waals surface area contributed by atoms with Gasteiger partial charge < -0.3 is 25.0 Å². The molecule has 0 amide bonds. The Morgan fingerprint density at radius 3 is 2.67 bits per heavy atom. The lowest BCUT2D eigenvalue weighted by atomic mass is 10.1. The van der Waals surface area contributed by atoms with Gasteiger partial charge in [-0.05, 0) is 6.92 Å². The van der Waals surface area contributed by atoms with E-state index in [4.69, 9.17) is 4.74 Å². The van der Waals surface area contributed by atoms with Crippen LogP contribution >= 0.6 is 0 Å². The Labute approximate surface area is 138 Å². The fourth-order valence-corrected chi connectivity index (χ4v) is 2.47. The van der Waals surface area contributed by atoms with Crippen molar-refractivity contribution >= 4 is 22.8 Å². The maximum atomic E-state index is 10.2. The minimum absolute atomic E-state index is 0.395. The molecule has 0 unspecified atom stereocenters. The highest BCUT2D eigenvalue weighted by molar-refractivity contribution is 5.88. The van der Waals surface area contributed by atoms with Gasteiger partial charge in [-0.2, -0.15) is 0 Å². The molecule has 2 aromatic rings. The summed E-state index contributed by atoms with van der Waals surface area (Å²) in [6.07, 6.45) is -1.35. The van der Waals surface area contributed by atoms with E-state index in [-0.39, 0.29) is 0 Å². The first-order valence-corrected chi connectivity index (χ1v) is 7.46. The van der Waals surface area contributed by atoms with E-state index in [0.717, 1.165) is 5.84 Å². The Hall–Kier alpha value is -2.14. The molecule has 24 heavy (non-hydrogen) atoms. The van der Waals surface area contributed by atoms with Gasteiger partial charge in [0.05, 0.1) is 12.9 Å². The number of aliphatic imine (C=N–C) groups is 1. The van der Waals surface area contributed by atoms with Crippen LogP contribution in [0.25, 0.3) is 11.2 Å². The van der Waals surface area contributed by atoms with Crippen molar-refractivity contribution in [1.82, 2.24) is 24.4 Å². The molecule has 3 heterocycles. The van der Waals surface area contributed by atoms with E-state index < -0.39 is 31.1 Å². The minimum Gasteiger partial charge on any atom is -0.394 e. The molecular formula is C14H20N6O4. The topological polar surface area (TPSA) is 129 Å². The largest absolute Gasteiger partial charge is 0.394 e. The Morgan fingerprint density at radius 2 is 2.04 bits per heavy atom. The number of aliphatic hydroxyl groups is 3. The van der Waals surface area contributed by atoms with Crippen molar-refractivity contribution in [3.63, 3.8) is 0 Å². The van der Waals surface area contributed by atoms with Crippen molar-refractivity contribution in [2.75, 3.05) is 20.7 Å². The first-order valence-electron chi connectivity index (χ1n) is 7.46. The highest BCUT2D eigenvalue weighted by Gasteiger charge is 2.44. The fourth-order valence-electron chi connectivity index (χ4n) is 2.47. The Bertz CT molecular complexity index is 761. The zero-order valence-electron chi connectivity index (χ0n) is 13.6. The van der Waals surface area contributed by atoms with Crippen molar-refractivity contribution in [2.45, 2.75) is 31.5 Å². The minimum atomic E-state index is -1.20. The summed E-state index contributed by atoms with van der Waals surface area (Å²) in [4.78, 5) is 18.8. The number of amidine groups is 1. The van der Waals surface area contributed by atoms with Crippen LogP contribution < -0.4 is 0 Å². The second-order valence-electron chi connectivity index (χ2n) is 5.80. The van der Waals surface area contributed by atoms with Crippen LogP contribution in [0.15, 0.2) is 17.6 Å². The summed E-state index contributed by atoms with van der Waals surface area (Å²) in [7, 11) is 3.74. The number of ether oxygens (including phenoxy) is 1. The monoisotopic (exact) mass is 336 g/mol. The number of rotatable bonds is 3. The molecule has 1 fully saturated rings. The summed E-state index contributed by atoms with van der Waals surface area (Å²) in [5, 5.41) is 29.3. The first-order chi connectivity index (χ1) is 11.4. The molecule has 0 aliphatic carbocycles. The molecule has 3 N–H and O–H groups in total. The number of aliphatic hydroxyl groups excluding tert-OH is 3. The summed E-state index contributed by atoms with van der Waals surface area (Å²) in [6.45, 7) is 1.45. The van der Waals surface area contributed by atoms with E-state index >= 15 is 0 Å². The summed E-state index contributed by atoms with van der Waals surface area (Å²) >= 11 is 0. The molecule has 1 aliphatic heterocycles. The molecule has 10 nitrogen and oxygen atoms in total. The number of fused-ring (bicyclic) bond motifs is 1. The molecular weight excluding hydrogens is 316 g/mol. The summed E-state index contributed by atoms with van der Waals surface area (Å²) in [5.41, 5.74) is 0.876. The predicted molar refractivity (Wildman–Crippen MR) is 84.8 cm³/mol. The molecule has 0 saturated carbocycles. The van der Waals surface area contributed by atoms with Gasteiger partial charge in [0, 0.05) is 14.1 Å². The molecule has 0 aromatic carbocycles. The van der Waals surface area contributed by atoms with Crippen molar-refractivity contribution < 1.29 is 20.1 Å². The lowest BCUT2D eigenvalue weighted by molar-refractivity contribution is -0.0511. The Morgan fingerprint density at radius 1 is 1.29 bits per heavy atom. The Kier molecular flexibility index (Phi) is 4.45. The van der Waals surface area contributed by atoms with Crippen LogP contribution in [0, 0.1) is 0 Å². The summed E-state index contributed by atoms with van der Waals surface area (Å²) in [5.74, 6) is 1.15. The highest BCUT2D eigenvalue weighted by Crippen LogP contribution is 2.32. The van der Waals surface area contributed by atoms with E-state index in [2.05, 4.69) is 19.9 Å². The van der Waals surface area contributed by atoms with Crippen LogP contribution in [0.1, 0.15) is 13.2 Å². The third kappa shape index (κ3) is 2.73. The summed E-state index contributed by atoms with van der Waals surface area (Å²) in [6, 6.07) is 0. The molecule has 3 rings (SSSR count). The third-order valence-corrected chi connectivity index (χ3v) is 4.05. The van der Waals surface area contributed by atoms with Gasteiger partial charge in [0.2, 0.25) is 0 Å². The maximum absolute atomic E-state index is 10.2. The molecule has 1 aliphatic rings. The lowest BCUT2D eigenvalue weighted by Gasteiger charge is -2.16. The van der Waals surface area contributed by atoms with Gasteiger partial charge in [-0.25, -0.2) is 19.9 Å². The molecule has 0 radical (unpaired) electrons. The van der Waals surface area contributed by atoms with Gasteiger partial charge in [0.25, 0.3) is 0 Å². The standard InChI is InChI=1S/C14H20N6O4/c1-7(19(2)3)18-12-9-13(16-5-15-12)20(6-17-9)14-11(23)10(22)8(4-21)24-14/h5-6,8,10-11,14,21-23H,4H2,1-3H3/b18-7-/t8-,10-,11+,14-/m1/s1. The van der Waals surface area contributed by atoms with Crippen molar-refractivity contribution in [3.05, 3.63) is 12.7 Å². The van der Waals surface area contributed by atoms with E-state index in [1.807, 2.05) is 25.9 Å². The van der Waals surface area contributed by atoms with Crippen molar-refractivity contribution in [3.8, 4) is 0 Å². The van der Waals surface area contributed by atoms with E-state index in [1.165, 1.54) is 17.2 Å². The molecule has 2 aromatic heterocycles. The second-order valence-corrected chi connectivity index (χ2v) is 5.80. The van der Waals surface area contributed by atoms with Gasteiger partial charge in [-0.1, -0.05) is 0 Å². The number of aromatic nitrogens is 4. The van der Waals surface area contributed by atoms with E-state index in [1.54, 1.807) is 0 Å². The quantitative estimate of drug-likeness (QED) is 0.483. The van der Waals surface area contributed by atoms with E-state index in [0.29, 0.717) is 17.0 Å². The average Bonchev–Trinajstić information content (AvgIpc) is 3.10. The molecule has 1 saturated heterocycles. The lowest BCUT2D eigenvalue weighted by Crippen LogP contribution is -2.33. The van der Waals surface area contributed by atoms with Gasteiger partial charge in [0.1, 0.15) is 30.5 Å². The number of hydrogen-bond donors (Lipinski definition) is 3. The number of hydrogen-bond acceptors (Lipinski definition) is 8. The van der Waals surface area contributed by atoms with Gasteiger partial charge in [0.15, 0.2) is 23.2 Å². The zero-order chi connectivity index (χ0) is 17.4. The normalized spacial score (nSPS) is 27.8. The molecule has 0 bridgehead atoms. The zero-order valence-corrected chi connectivity index (χ0v) is 13.6. The predicted octanol–water partition coefficient (Wildman–Crippen LogP) is -0.951. The SMILES string of the molecule is C/C(=N/c1ncnc2c1ncn2[C@@H]1O[C@H](CO)[C@@H](O)[C@@H]1O)N(C)C. The third-order valence-electron chi connectivity index (χ3n) is 4.05. The van der Waals surface area contributed by atoms with Crippen LogP contribution in [0.4, 0.5) is 5.82 Å². The van der Waals surface area contributed by atoms with Gasteiger partial charge in [-0.3, -0.25) is 4.57 Å². The molecule has 0 spiro atoms. The van der Waals surface area contributed by atoms with Crippen LogP contribution in [0.5, 0.6) is 0 Å². The van der Waals surface area contributed by atoms with Crippen molar-refractivity contribution in [2.24, 2.45) is 4.99 Å². The van der Waals surface area contributed by atoms with Crippen LogP contribution in [0.2, 0.25) is 0 Å². The second kappa shape index (κ2) is 6.40. The highest BCUT2D eigenvalue weighted by atomic mass is 16.6. The number of imidazole rings is 1. The molecule has 10 heteroatoms. The molecule has 130 valence electrons. The smallest absolute Gasteiger partial charge is 0.185 e. The van der Waals surface area contributed by atoms with Gasteiger partial charge in [-0.15, -0.1) is 0 Å². The fraction of sp³-hybridized carbons (Fsp3) is 0.571. The van der Waals surface area contributed by atoms with Crippen LogP contribution in [-0.4, -0.2) is 84.6 Å². The number of nitrogens with zero attached hydrogens (tertiary/aromatic N) is 6. The van der Waals surface area contributed by atoms with Crippen LogP contribution in [0.3, 0.4) is 0 Å². The van der Waals surface area contributed by atoms with Crippen LogP contribution in [-0.2, 0) is 4.74 Å². The van der Waals surface area contributed by atoms with Gasteiger partial charge >= 0.3 is 0 Å². The Balaban J connectivity index is 2.02. The maximum Gasteiger partial charge on any atom is 0.185 e. The summed E-state index contributed by atoms with van der Waals surface area (Å²) < 4.78 is 7.02. The first kappa shape index (κ1) is 16.7. The van der Waals surface area contributed by atoms with Crippen molar-refractivity contribution in [1.29, 1.82) is 0 Å². The average molecular weight is 336 g/mol. The van der Waals surface area contributed by atoms with E-state index in [9.17, 15) is 15.3 Å².